The van der Waals surface area contributed by atoms with E-state index in [0.717, 1.165) is 51.4 Å². The van der Waals surface area contributed by atoms with Crippen LogP contribution in [0.4, 0.5) is 0 Å². The Hall–Kier alpha value is -0.800. The molecule has 0 saturated heterocycles. The number of aliphatic hydroxyl groups excluding tert-OH is 2. The minimum absolute atomic E-state index is 0.0492. The zero-order valence-electron chi connectivity index (χ0n) is 28.1. The summed E-state index contributed by atoms with van der Waals surface area (Å²) in [5.74, 6) is -0.386. The average molecular weight is 651 g/mol. The first kappa shape index (κ1) is 43.2. The van der Waals surface area contributed by atoms with Gasteiger partial charge < -0.3 is 24.6 Å². The maximum absolute atomic E-state index is 12.5. The molecule has 3 atom stereocenters. The van der Waals surface area contributed by atoms with Crippen molar-refractivity contribution in [2.24, 2.45) is 0 Å². The van der Waals surface area contributed by atoms with E-state index >= 15 is 0 Å². The molecule has 0 rings (SSSR count). The van der Waals surface area contributed by atoms with E-state index in [1.807, 2.05) is 0 Å². The van der Waals surface area contributed by atoms with Gasteiger partial charge in [-0.25, -0.2) is 4.57 Å². The fourth-order valence-corrected chi connectivity index (χ4v) is 5.50. The molecule has 0 aliphatic heterocycles. The fourth-order valence-electron chi connectivity index (χ4n) is 4.71. The van der Waals surface area contributed by atoms with E-state index < -0.39 is 33.2 Å². The molecule has 0 aliphatic rings. The standard InChI is InChI=1S/C34H67O9P/c1-3-5-7-9-11-13-15-16-18-20-22-24-26-34(37)43-33(31-42-44(38,39)41-29-32(36)28-35)30-40-27-25-23-21-19-17-14-12-10-8-6-4-2/h8,10,32-33,35-36H,3-7,9,11-31H2,1-2H3,(H,38,39)/b10-8-. The molecule has 3 N–H and O–H groups in total. The molecule has 0 radical (unpaired) electrons. The summed E-state index contributed by atoms with van der Waals surface area (Å²) in [6.45, 7) is 3.44. The first-order valence-corrected chi connectivity index (χ1v) is 19.2. The van der Waals surface area contributed by atoms with Gasteiger partial charge in [0.15, 0.2) is 0 Å². The second-order valence-corrected chi connectivity index (χ2v) is 13.3. The second-order valence-electron chi connectivity index (χ2n) is 11.9. The summed E-state index contributed by atoms with van der Waals surface area (Å²) in [4.78, 5) is 22.4. The summed E-state index contributed by atoms with van der Waals surface area (Å²) in [5, 5.41) is 18.2. The Morgan fingerprint density at radius 1 is 0.682 bits per heavy atom. The number of ether oxygens (including phenoxy) is 2. The first-order valence-electron chi connectivity index (χ1n) is 17.7. The van der Waals surface area contributed by atoms with Gasteiger partial charge in [-0.3, -0.25) is 13.8 Å². The monoisotopic (exact) mass is 650 g/mol. The molecule has 0 spiro atoms. The molecule has 0 aliphatic carbocycles. The van der Waals surface area contributed by atoms with Gasteiger partial charge in [0.2, 0.25) is 0 Å². The SMILES string of the molecule is CCC/C=C\CCCCCCCCOCC(COP(=O)(O)OCC(O)CO)OC(=O)CCCCCCCCCCCCCC. The molecule has 9 nitrogen and oxygen atoms in total. The smallest absolute Gasteiger partial charge is 0.457 e. The van der Waals surface area contributed by atoms with Gasteiger partial charge in [-0.1, -0.05) is 129 Å². The Kier molecular flexibility index (Phi) is 31.6. The summed E-state index contributed by atoms with van der Waals surface area (Å²) >= 11 is 0. The lowest BCUT2D eigenvalue weighted by atomic mass is 10.0. The number of aliphatic hydroxyl groups is 2. The number of rotatable bonds is 34. The lowest BCUT2D eigenvalue weighted by Crippen LogP contribution is -2.29. The van der Waals surface area contributed by atoms with Gasteiger partial charge in [-0.05, 0) is 32.1 Å². The summed E-state index contributed by atoms with van der Waals surface area (Å²) in [5.41, 5.74) is 0. The van der Waals surface area contributed by atoms with E-state index in [1.165, 1.54) is 83.5 Å². The van der Waals surface area contributed by atoms with Gasteiger partial charge >= 0.3 is 13.8 Å². The third-order valence-electron chi connectivity index (χ3n) is 7.43. The number of allylic oxidation sites excluding steroid dienone is 2. The number of esters is 1. The van der Waals surface area contributed by atoms with E-state index in [0.29, 0.717) is 6.61 Å². The Morgan fingerprint density at radius 2 is 1.20 bits per heavy atom. The van der Waals surface area contributed by atoms with Crippen LogP contribution in [-0.4, -0.2) is 66.3 Å². The van der Waals surface area contributed by atoms with E-state index in [2.05, 4.69) is 26.0 Å². The van der Waals surface area contributed by atoms with Gasteiger partial charge in [0.1, 0.15) is 12.2 Å². The van der Waals surface area contributed by atoms with Crippen molar-refractivity contribution < 1.29 is 43.0 Å². The van der Waals surface area contributed by atoms with E-state index in [-0.39, 0.29) is 25.6 Å². The summed E-state index contributed by atoms with van der Waals surface area (Å²) in [7, 11) is -4.50. The fraction of sp³-hybridized carbons (Fsp3) is 0.912. The lowest BCUT2D eigenvalue weighted by Gasteiger charge is -2.20. The van der Waals surface area contributed by atoms with Crippen molar-refractivity contribution in [1.82, 2.24) is 0 Å². The van der Waals surface area contributed by atoms with Gasteiger partial charge in [-0.15, -0.1) is 0 Å². The molecule has 0 bridgehead atoms. The number of unbranched alkanes of at least 4 members (excludes halogenated alkanes) is 18. The van der Waals surface area contributed by atoms with Crippen molar-refractivity contribution in [2.75, 3.05) is 33.0 Å². The number of hydrogen-bond donors (Lipinski definition) is 3. The average Bonchev–Trinajstić information content (AvgIpc) is 3.01. The molecule has 0 amide bonds. The molecule has 0 aromatic carbocycles. The van der Waals surface area contributed by atoms with Crippen LogP contribution in [0, 0.1) is 0 Å². The minimum atomic E-state index is -4.50. The third kappa shape index (κ3) is 31.2. The Balaban J connectivity index is 4.26. The van der Waals surface area contributed by atoms with E-state index in [9.17, 15) is 19.4 Å². The number of phosphoric acid groups is 1. The Labute approximate surface area is 269 Å². The molecule has 0 heterocycles. The van der Waals surface area contributed by atoms with E-state index in [4.69, 9.17) is 23.6 Å². The molecule has 0 aromatic rings. The van der Waals surface area contributed by atoms with Crippen LogP contribution in [0.25, 0.3) is 0 Å². The van der Waals surface area contributed by atoms with Crippen molar-refractivity contribution in [3.63, 3.8) is 0 Å². The topological polar surface area (TPSA) is 132 Å². The maximum atomic E-state index is 12.5. The molecule has 0 aromatic heterocycles. The zero-order chi connectivity index (χ0) is 32.6. The quantitative estimate of drug-likeness (QED) is 0.0271. The summed E-state index contributed by atoms with van der Waals surface area (Å²) in [6, 6.07) is 0. The number of phosphoric ester groups is 1. The molecular formula is C34H67O9P. The van der Waals surface area contributed by atoms with Gasteiger partial charge in [0, 0.05) is 13.0 Å². The van der Waals surface area contributed by atoms with Crippen LogP contribution >= 0.6 is 7.82 Å². The highest BCUT2D eigenvalue weighted by Crippen LogP contribution is 2.43. The van der Waals surface area contributed by atoms with Crippen LogP contribution in [0.1, 0.15) is 155 Å². The summed E-state index contributed by atoms with van der Waals surface area (Å²) < 4.78 is 33.1. The van der Waals surface area contributed by atoms with Crippen molar-refractivity contribution >= 4 is 13.8 Å². The Morgan fingerprint density at radius 3 is 1.80 bits per heavy atom. The van der Waals surface area contributed by atoms with Crippen molar-refractivity contribution in [3.8, 4) is 0 Å². The van der Waals surface area contributed by atoms with Crippen LogP contribution in [0.5, 0.6) is 0 Å². The molecule has 0 saturated carbocycles. The lowest BCUT2D eigenvalue weighted by molar-refractivity contribution is -0.154. The largest absolute Gasteiger partial charge is 0.472 e. The first-order chi connectivity index (χ1) is 21.3. The highest BCUT2D eigenvalue weighted by Gasteiger charge is 2.26. The summed E-state index contributed by atoms with van der Waals surface area (Å²) in [6.07, 6.45) is 27.4. The van der Waals surface area contributed by atoms with Crippen LogP contribution in [0.15, 0.2) is 12.2 Å². The van der Waals surface area contributed by atoms with Crippen molar-refractivity contribution in [2.45, 2.75) is 167 Å². The normalized spacial score (nSPS) is 14.6. The molecule has 44 heavy (non-hydrogen) atoms. The van der Waals surface area contributed by atoms with Crippen LogP contribution < -0.4 is 0 Å². The zero-order valence-corrected chi connectivity index (χ0v) is 29.0. The molecule has 0 fully saturated rings. The predicted molar refractivity (Wildman–Crippen MR) is 178 cm³/mol. The number of carbonyl (C=O) groups excluding carboxylic acids is 1. The highest BCUT2D eigenvalue weighted by atomic mass is 31.2. The van der Waals surface area contributed by atoms with Crippen LogP contribution in [-0.2, 0) is 27.9 Å². The molecule has 3 unspecified atom stereocenters. The van der Waals surface area contributed by atoms with Gasteiger partial charge in [-0.2, -0.15) is 0 Å². The third-order valence-corrected chi connectivity index (χ3v) is 8.38. The van der Waals surface area contributed by atoms with Gasteiger partial charge in [0.25, 0.3) is 0 Å². The van der Waals surface area contributed by atoms with Crippen molar-refractivity contribution in [1.29, 1.82) is 0 Å². The maximum Gasteiger partial charge on any atom is 0.472 e. The minimum Gasteiger partial charge on any atom is -0.457 e. The number of hydrogen-bond acceptors (Lipinski definition) is 8. The molecule has 262 valence electrons. The highest BCUT2D eigenvalue weighted by molar-refractivity contribution is 7.47. The number of carbonyl (C=O) groups is 1. The van der Waals surface area contributed by atoms with Crippen LogP contribution in [0.2, 0.25) is 0 Å². The predicted octanol–water partition coefficient (Wildman–Crippen LogP) is 8.58. The van der Waals surface area contributed by atoms with Crippen molar-refractivity contribution in [3.05, 3.63) is 12.2 Å². The van der Waals surface area contributed by atoms with Crippen LogP contribution in [0.3, 0.4) is 0 Å². The van der Waals surface area contributed by atoms with Gasteiger partial charge in [0.05, 0.1) is 26.4 Å². The molecular weight excluding hydrogens is 583 g/mol. The Bertz CT molecular complexity index is 704. The second kappa shape index (κ2) is 32.2. The van der Waals surface area contributed by atoms with E-state index in [1.54, 1.807) is 0 Å². The molecule has 10 heteroatoms.